The summed E-state index contributed by atoms with van der Waals surface area (Å²) in [5, 5.41) is 6.29. The van der Waals surface area contributed by atoms with E-state index in [1.54, 1.807) is 25.4 Å². The molecule has 0 atom stereocenters. The van der Waals surface area contributed by atoms with E-state index in [1.807, 2.05) is 25.1 Å². The van der Waals surface area contributed by atoms with Gasteiger partial charge < -0.3 is 20.1 Å². The van der Waals surface area contributed by atoms with Crippen LogP contribution in [0.2, 0.25) is 0 Å². The molecule has 26 heavy (non-hydrogen) atoms. The Morgan fingerprint density at radius 1 is 1.12 bits per heavy atom. The normalized spacial score (nSPS) is 11.3. The minimum absolute atomic E-state index is 0.239. The first-order valence-corrected chi connectivity index (χ1v) is 8.55. The zero-order valence-electron chi connectivity index (χ0n) is 15.2. The lowest BCUT2D eigenvalue weighted by Gasteiger charge is -2.13. The molecule has 0 aliphatic heterocycles. The Morgan fingerprint density at radius 3 is 2.69 bits per heavy atom. The van der Waals surface area contributed by atoms with Crippen LogP contribution in [0.4, 0.5) is 4.39 Å². The summed E-state index contributed by atoms with van der Waals surface area (Å²) in [6.07, 6.45) is 1.68. The monoisotopic (exact) mass is 360 g/mol. The molecule has 140 valence electrons. The second-order valence-electron chi connectivity index (χ2n) is 5.45. The summed E-state index contributed by atoms with van der Waals surface area (Å²) in [7, 11) is 1.62. The van der Waals surface area contributed by atoms with Gasteiger partial charge in [0.15, 0.2) is 5.96 Å². The van der Waals surface area contributed by atoms with Crippen LogP contribution in [0.5, 0.6) is 5.88 Å². The summed E-state index contributed by atoms with van der Waals surface area (Å²) in [6, 6.07) is 10.4. The second-order valence-corrected chi connectivity index (χ2v) is 5.45. The number of methoxy groups -OCH3 is 1. The van der Waals surface area contributed by atoms with Gasteiger partial charge in [0.05, 0.1) is 13.2 Å². The quantitative estimate of drug-likeness (QED) is 0.409. The average Bonchev–Trinajstić information content (AvgIpc) is 2.66. The number of guanidine groups is 1. The van der Waals surface area contributed by atoms with Crippen molar-refractivity contribution in [2.24, 2.45) is 4.99 Å². The minimum atomic E-state index is -0.239. The Hall–Kier alpha value is -2.67. The molecule has 2 rings (SSSR count). The molecule has 1 aromatic heterocycles. The second kappa shape index (κ2) is 11.0. The van der Waals surface area contributed by atoms with Crippen LogP contribution >= 0.6 is 0 Å². The molecule has 0 spiro atoms. The molecule has 0 radical (unpaired) electrons. The molecule has 1 heterocycles. The predicted octanol–water partition coefficient (Wildman–Crippen LogP) is 2.50. The smallest absolute Gasteiger partial charge is 0.218 e. The molecule has 2 N–H and O–H groups in total. The van der Waals surface area contributed by atoms with Crippen molar-refractivity contribution in [1.82, 2.24) is 15.6 Å². The van der Waals surface area contributed by atoms with E-state index in [9.17, 15) is 4.39 Å². The Labute approximate surface area is 153 Å². The van der Waals surface area contributed by atoms with E-state index < -0.39 is 0 Å². The van der Waals surface area contributed by atoms with E-state index in [1.165, 1.54) is 6.07 Å². The summed E-state index contributed by atoms with van der Waals surface area (Å²) in [5.74, 6) is 0.901. The Bertz CT molecular complexity index is 709. The third kappa shape index (κ3) is 6.33. The molecule has 0 aliphatic rings. The number of hydrogen-bond acceptors (Lipinski definition) is 4. The van der Waals surface area contributed by atoms with Crippen LogP contribution in [0.3, 0.4) is 0 Å². The molecule has 0 amide bonds. The largest absolute Gasteiger partial charge is 0.475 e. The molecule has 0 fully saturated rings. The number of hydrogen-bond donors (Lipinski definition) is 2. The molecule has 0 saturated heterocycles. The Morgan fingerprint density at radius 2 is 1.92 bits per heavy atom. The van der Waals surface area contributed by atoms with Crippen LogP contribution in [-0.2, 0) is 17.8 Å². The summed E-state index contributed by atoms with van der Waals surface area (Å²) >= 11 is 0. The maximum atomic E-state index is 13.7. The summed E-state index contributed by atoms with van der Waals surface area (Å²) in [5.41, 5.74) is 1.45. The highest BCUT2D eigenvalue weighted by atomic mass is 19.1. The van der Waals surface area contributed by atoms with Gasteiger partial charge in [-0.15, -0.1) is 0 Å². The van der Waals surface area contributed by atoms with Crippen molar-refractivity contribution in [3.05, 3.63) is 59.5 Å². The Kier molecular flexibility index (Phi) is 8.35. The van der Waals surface area contributed by atoms with Gasteiger partial charge in [-0.25, -0.2) is 14.4 Å². The van der Waals surface area contributed by atoms with Crippen molar-refractivity contribution in [3.8, 4) is 5.88 Å². The van der Waals surface area contributed by atoms with Crippen molar-refractivity contribution < 1.29 is 13.9 Å². The maximum Gasteiger partial charge on any atom is 0.218 e. The highest BCUT2D eigenvalue weighted by Gasteiger charge is 2.06. The first kappa shape index (κ1) is 19.7. The van der Waals surface area contributed by atoms with E-state index in [0.717, 1.165) is 5.56 Å². The number of aromatic nitrogens is 1. The summed E-state index contributed by atoms with van der Waals surface area (Å²) in [6.45, 7) is 4.34. The van der Waals surface area contributed by atoms with E-state index in [2.05, 4.69) is 20.6 Å². The standard InChI is InChI=1S/C19H25FN4O2/c1-3-21-19(23-13-15-7-4-5-9-17(15)20)24-14-16-8-6-10-22-18(16)26-12-11-25-2/h4-10H,3,11-14H2,1-2H3,(H2,21,23,24). The molecular weight excluding hydrogens is 335 g/mol. The van der Waals surface area contributed by atoms with E-state index >= 15 is 0 Å². The number of ether oxygens (including phenoxy) is 2. The molecule has 1 aromatic carbocycles. The van der Waals surface area contributed by atoms with Gasteiger partial charge in [0.2, 0.25) is 5.88 Å². The van der Waals surface area contributed by atoms with Crippen LogP contribution in [-0.4, -0.2) is 37.8 Å². The number of aliphatic imine (C=N–C) groups is 1. The van der Waals surface area contributed by atoms with Crippen molar-refractivity contribution in [2.45, 2.75) is 20.0 Å². The number of rotatable bonds is 9. The van der Waals surface area contributed by atoms with Crippen LogP contribution in [0, 0.1) is 5.82 Å². The number of nitrogens with zero attached hydrogens (tertiary/aromatic N) is 2. The van der Waals surface area contributed by atoms with Gasteiger partial charge in [-0.05, 0) is 19.1 Å². The van der Waals surface area contributed by atoms with Gasteiger partial charge in [0.1, 0.15) is 12.4 Å². The number of pyridine rings is 1. The highest BCUT2D eigenvalue weighted by Crippen LogP contribution is 2.15. The summed E-state index contributed by atoms with van der Waals surface area (Å²) in [4.78, 5) is 8.78. The molecule has 2 aromatic rings. The van der Waals surface area contributed by atoms with Crippen LogP contribution in [0.1, 0.15) is 18.1 Å². The van der Waals surface area contributed by atoms with Gasteiger partial charge >= 0.3 is 0 Å². The molecule has 6 nitrogen and oxygen atoms in total. The van der Waals surface area contributed by atoms with E-state index in [0.29, 0.717) is 50.3 Å². The van der Waals surface area contributed by atoms with Crippen molar-refractivity contribution in [3.63, 3.8) is 0 Å². The lowest BCUT2D eigenvalue weighted by Crippen LogP contribution is -2.37. The first-order chi connectivity index (χ1) is 12.7. The molecule has 0 bridgehead atoms. The van der Waals surface area contributed by atoms with Crippen LogP contribution in [0.25, 0.3) is 0 Å². The minimum Gasteiger partial charge on any atom is -0.475 e. The lowest BCUT2D eigenvalue weighted by molar-refractivity contribution is 0.143. The molecule has 0 aliphatic carbocycles. The first-order valence-electron chi connectivity index (χ1n) is 8.55. The van der Waals surface area contributed by atoms with Crippen molar-refractivity contribution in [1.29, 1.82) is 0 Å². The van der Waals surface area contributed by atoms with Gasteiger partial charge in [-0.2, -0.15) is 0 Å². The molecule has 0 saturated carbocycles. The summed E-state index contributed by atoms with van der Waals surface area (Å²) < 4.78 is 24.3. The SMILES string of the molecule is CCNC(=NCc1cccnc1OCCOC)NCc1ccccc1F. The molecule has 7 heteroatoms. The van der Waals surface area contributed by atoms with Gasteiger partial charge in [-0.3, -0.25) is 0 Å². The molecular formula is C19H25FN4O2. The third-order valence-corrected chi connectivity index (χ3v) is 3.53. The third-order valence-electron chi connectivity index (χ3n) is 3.53. The zero-order chi connectivity index (χ0) is 18.6. The predicted molar refractivity (Wildman–Crippen MR) is 99.7 cm³/mol. The van der Waals surface area contributed by atoms with Gasteiger partial charge in [-0.1, -0.05) is 24.3 Å². The maximum absolute atomic E-state index is 13.7. The van der Waals surface area contributed by atoms with E-state index in [-0.39, 0.29) is 5.82 Å². The van der Waals surface area contributed by atoms with E-state index in [4.69, 9.17) is 9.47 Å². The number of benzene rings is 1. The number of nitrogens with one attached hydrogen (secondary N) is 2. The Balaban J connectivity index is 2.01. The fourth-order valence-corrected chi connectivity index (χ4v) is 2.22. The van der Waals surface area contributed by atoms with Gasteiger partial charge in [0.25, 0.3) is 0 Å². The fraction of sp³-hybridized carbons (Fsp3) is 0.368. The zero-order valence-corrected chi connectivity index (χ0v) is 15.2. The fourth-order valence-electron chi connectivity index (χ4n) is 2.22. The van der Waals surface area contributed by atoms with Crippen LogP contribution < -0.4 is 15.4 Å². The van der Waals surface area contributed by atoms with Crippen molar-refractivity contribution >= 4 is 5.96 Å². The van der Waals surface area contributed by atoms with Crippen molar-refractivity contribution in [2.75, 3.05) is 26.9 Å². The topological polar surface area (TPSA) is 67.8 Å². The average molecular weight is 360 g/mol. The van der Waals surface area contributed by atoms with Gasteiger partial charge in [0, 0.05) is 37.5 Å². The number of halogens is 1. The lowest BCUT2D eigenvalue weighted by atomic mass is 10.2. The highest BCUT2D eigenvalue weighted by molar-refractivity contribution is 5.79. The molecule has 0 unspecified atom stereocenters. The van der Waals surface area contributed by atoms with Crippen LogP contribution in [0.15, 0.2) is 47.6 Å².